The molecule has 2 aromatic rings. The topological polar surface area (TPSA) is 66.9 Å². The maximum Gasteiger partial charge on any atom is 0.410 e. The molecule has 2 fully saturated rings. The highest BCUT2D eigenvalue weighted by molar-refractivity contribution is 6.02. The van der Waals surface area contributed by atoms with Crippen molar-refractivity contribution in [3.63, 3.8) is 0 Å². The number of rotatable bonds is 4. The summed E-state index contributed by atoms with van der Waals surface area (Å²) in [5, 5.41) is 0. The zero-order valence-electron chi connectivity index (χ0n) is 18.4. The average molecular weight is 433 g/mol. The van der Waals surface area contributed by atoms with Crippen LogP contribution < -0.4 is 0 Å². The number of hydrogen-bond donors (Lipinski definition) is 0. The number of piperidine rings is 2. The summed E-state index contributed by atoms with van der Waals surface area (Å²) in [7, 11) is 0. The fourth-order valence-electron chi connectivity index (χ4n) is 5.90. The van der Waals surface area contributed by atoms with Gasteiger partial charge in [-0.2, -0.15) is 0 Å². The van der Waals surface area contributed by atoms with Gasteiger partial charge in [-0.1, -0.05) is 61.9 Å². The van der Waals surface area contributed by atoms with E-state index in [-0.39, 0.29) is 48.4 Å². The number of Topliss-reactive ketones (excluding diaryl/α,β-unsaturated/α-hetero) is 1. The number of ether oxygens (including phenoxy) is 1. The largest absolute Gasteiger partial charge is 0.445 e. The molecule has 0 radical (unpaired) electrons. The summed E-state index contributed by atoms with van der Waals surface area (Å²) in [6.45, 7) is 4.53. The fraction of sp³-hybridized carbons (Fsp3) is 0.423. The number of nitrogens with zero attached hydrogens (tertiary/aromatic N) is 2. The van der Waals surface area contributed by atoms with Crippen molar-refractivity contribution in [2.45, 2.75) is 51.4 Å². The van der Waals surface area contributed by atoms with E-state index < -0.39 is 5.92 Å². The third-order valence-corrected chi connectivity index (χ3v) is 7.31. The Hall–Kier alpha value is -3.15. The van der Waals surface area contributed by atoms with E-state index in [4.69, 9.17) is 4.74 Å². The molecule has 5 rings (SSSR count). The van der Waals surface area contributed by atoms with Crippen molar-refractivity contribution in [3.05, 3.63) is 71.3 Å². The monoisotopic (exact) mass is 432 g/mol. The van der Waals surface area contributed by atoms with Gasteiger partial charge in [0.05, 0.1) is 17.9 Å². The first-order chi connectivity index (χ1) is 15.5. The Labute approximate surface area is 188 Å². The molecule has 0 saturated carbocycles. The lowest BCUT2D eigenvalue weighted by Gasteiger charge is -2.54. The normalized spacial score (nSPS) is 28.4. The molecular formula is C26H28N2O4. The lowest BCUT2D eigenvalue weighted by Crippen LogP contribution is -2.67. The predicted octanol–water partition coefficient (Wildman–Crippen LogP) is 4.21. The number of amides is 2. The summed E-state index contributed by atoms with van der Waals surface area (Å²) in [4.78, 5) is 43.7. The van der Waals surface area contributed by atoms with Crippen LogP contribution in [-0.4, -0.2) is 46.2 Å². The molecule has 0 aromatic heterocycles. The Balaban J connectivity index is 1.47. The summed E-state index contributed by atoms with van der Waals surface area (Å²) < 4.78 is 5.71. The number of hydrogen-bond acceptors (Lipinski definition) is 4. The smallest absolute Gasteiger partial charge is 0.410 e. The standard InChI is InChI=1S/C26H28N2O4/c1-3-9-21-20-14-27-23(18-12-7-8-13-19(18)25(27)30)22(24(20)29)16(2)28(21)26(31)32-15-17-10-5-4-6-11-17/h4-8,10-13,16,20-23H,3,9,14-15H2,1-2H3/t16-,20+,21+,22+,23+/m1/s1. The zero-order valence-corrected chi connectivity index (χ0v) is 18.4. The molecule has 0 aliphatic carbocycles. The molecule has 2 bridgehead atoms. The molecule has 0 N–H and O–H groups in total. The van der Waals surface area contributed by atoms with Crippen molar-refractivity contribution in [2.75, 3.05) is 6.54 Å². The van der Waals surface area contributed by atoms with Crippen molar-refractivity contribution in [2.24, 2.45) is 11.8 Å². The molecular weight excluding hydrogens is 404 g/mol. The lowest BCUT2D eigenvalue weighted by molar-refractivity contribution is -0.148. The molecule has 3 aliphatic heterocycles. The molecule has 2 saturated heterocycles. The van der Waals surface area contributed by atoms with Crippen LogP contribution in [0, 0.1) is 11.8 Å². The van der Waals surface area contributed by atoms with Crippen LogP contribution >= 0.6 is 0 Å². The van der Waals surface area contributed by atoms with E-state index in [9.17, 15) is 14.4 Å². The van der Waals surface area contributed by atoms with Crippen LogP contribution in [0.1, 0.15) is 54.2 Å². The van der Waals surface area contributed by atoms with Gasteiger partial charge in [-0.3, -0.25) is 9.59 Å². The molecule has 6 heteroatoms. The maximum atomic E-state index is 13.6. The van der Waals surface area contributed by atoms with E-state index in [1.807, 2.05) is 66.4 Å². The minimum atomic E-state index is -0.446. The zero-order chi connectivity index (χ0) is 22.4. The van der Waals surface area contributed by atoms with Gasteiger partial charge in [0.15, 0.2) is 0 Å². The van der Waals surface area contributed by atoms with Gasteiger partial charge in [0.2, 0.25) is 0 Å². The minimum absolute atomic E-state index is 0.00403. The van der Waals surface area contributed by atoms with E-state index in [1.165, 1.54) is 0 Å². The molecule has 2 aromatic carbocycles. The molecule has 166 valence electrons. The quantitative estimate of drug-likeness (QED) is 0.726. The Morgan fingerprint density at radius 3 is 2.53 bits per heavy atom. The van der Waals surface area contributed by atoms with Crippen LogP contribution in [0.15, 0.2) is 54.6 Å². The van der Waals surface area contributed by atoms with Crippen LogP contribution in [0.5, 0.6) is 0 Å². The minimum Gasteiger partial charge on any atom is -0.445 e. The first-order valence-corrected chi connectivity index (χ1v) is 11.5. The third-order valence-electron chi connectivity index (χ3n) is 7.31. The molecule has 2 amide bonds. The number of carbonyl (C=O) groups is 3. The van der Waals surface area contributed by atoms with Crippen molar-refractivity contribution < 1.29 is 19.1 Å². The van der Waals surface area contributed by atoms with Gasteiger partial charge in [0, 0.05) is 24.2 Å². The second kappa shape index (κ2) is 8.08. The van der Waals surface area contributed by atoms with E-state index in [0.29, 0.717) is 18.5 Å². The highest BCUT2D eigenvalue weighted by Gasteiger charge is 2.59. The molecule has 3 heterocycles. The summed E-state index contributed by atoms with van der Waals surface area (Å²) in [6, 6.07) is 16.2. The SMILES string of the molecule is CCC[C@H]1[C@@H]2CN3C(=O)c4ccccc4[C@H]3[C@@H](C2=O)[C@@H](C)N1C(=O)OCc1ccccc1. The molecule has 32 heavy (non-hydrogen) atoms. The van der Waals surface area contributed by atoms with Gasteiger partial charge in [-0.25, -0.2) is 4.79 Å². The number of ketones is 1. The number of fused-ring (bicyclic) bond motifs is 6. The van der Waals surface area contributed by atoms with Crippen LogP contribution in [0.2, 0.25) is 0 Å². The fourth-order valence-corrected chi connectivity index (χ4v) is 5.90. The lowest BCUT2D eigenvalue weighted by atomic mass is 9.69. The second-order valence-corrected chi connectivity index (χ2v) is 9.07. The van der Waals surface area contributed by atoms with Gasteiger partial charge in [0.25, 0.3) is 5.91 Å². The van der Waals surface area contributed by atoms with Crippen molar-refractivity contribution in [3.8, 4) is 0 Å². The first kappa shape index (κ1) is 20.7. The van der Waals surface area contributed by atoms with Crippen LogP contribution in [-0.2, 0) is 16.1 Å². The Morgan fingerprint density at radius 2 is 1.78 bits per heavy atom. The van der Waals surface area contributed by atoms with Crippen LogP contribution in [0.25, 0.3) is 0 Å². The Kier molecular flexibility index (Phi) is 5.24. The van der Waals surface area contributed by atoms with Gasteiger partial charge in [-0.05, 0) is 30.5 Å². The van der Waals surface area contributed by atoms with Crippen LogP contribution in [0.3, 0.4) is 0 Å². The van der Waals surface area contributed by atoms with E-state index in [1.54, 1.807) is 4.90 Å². The van der Waals surface area contributed by atoms with Crippen LogP contribution in [0.4, 0.5) is 4.79 Å². The Bertz CT molecular complexity index is 1050. The van der Waals surface area contributed by atoms with E-state index in [2.05, 4.69) is 6.92 Å². The third kappa shape index (κ3) is 3.12. The van der Waals surface area contributed by atoms with Gasteiger partial charge >= 0.3 is 6.09 Å². The second-order valence-electron chi connectivity index (χ2n) is 9.07. The molecule has 0 unspecified atom stereocenters. The summed E-state index contributed by atoms with van der Waals surface area (Å²) in [5.41, 5.74) is 2.50. The summed E-state index contributed by atoms with van der Waals surface area (Å²) >= 11 is 0. The molecule has 3 aliphatic rings. The van der Waals surface area contributed by atoms with E-state index in [0.717, 1.165) is 17.5 Å². The number of benzene rings is 2. The number of carbonyl (C=O) groups excluding carboxylic acids is 3. The van der Waals surface area contributed by atoms with Gasteiger partial charge in [0.1, 0.15) is 12.4 Å². The maximum absolute atomic E-state index is 13.6. The van der Waals surface area contributed by atoms with Crippen molar-refractivity contribution in [1.29, 1.82) is 0 Å². The molecule has 0 spiro atoms. The predicted molar refractivity (Wildman–Crippen MR) is 119 cm³/mol. The van der Waals surface area contributed by atoms with Gasteiger partial charge < -0.3 is 14.5 Å². The highest BCUT2D eigenvalue weighted by Crippen LogP contribution is 2.50. The first-order valence-electron chi connectivity index (χ1n) is 11.5. The molecule has 5 atom stereocenters. The highest BCUT2D eigenvalue weighted by atomic mass is 16.6. The molecule has 6 nitrogen and oxygen atoms in total. The summed E-state index contributed by atoms with van der Waals surface area (Å²) in [6.07, 6.45) is 1.16. The van der Waals surface area contributed by atoms with Crippen molar-refractivity contribution >= 4 is 17.8 Å². The number of likely N-dealkylation sites (tertiary alicyclic amines) is 1. The van der Waals surface area contributed by atoms with Gasteiger partial charge in [-0.15, -0.1) is 0 Å². The Morgan fingerprint density at radius 1 is 1.06 bits per heavy atom. The summed E-state index contributed by atoms with van der Waals surface area (Å²) in [5.74, 6) is -0.655. The average Bonchev–Trinajstić information content (AvgIpc) is 3.08. The van der Waals surface area contributed by atoms with Crippen molar-refractivity contribution in [1.82, 2.24) is 9.80 Å². The van der Waals surface area contributed by atoms with E-state index >= 15 is 0 Å².